The van der Waals surface area contributed by atoms with Crippen molar-refractivity contribution in [2.24, 2.45) is 5.73 Å². The monoisotopic (exact) mass is 232 g/mol. The molecule has 0 heterocycles. The third kappa shape index (κ3) is 4.89. The van der Waals surface area contributed by atoms with Crippen LogP contribution in [-0.4, -0.2) is 41.9 Å². The fourth-order valence-electron chi connectivity index (χ4n) is 1.57. The highest BCUT2D eigenvalue weighted by atomic mass is 32.2. The van der Waals surface area contributed by atoms with Gasteiger partial charge in [0.2, 0.25) is 5.91 Å². The maximum atomic E-state index is 11.9. The van der Waals surface area contributed by atoms with Gasteiger partial charge in [-0.2, -0.15) is 11.8 Å². The Morgan fingerprint density at radius 2 is 2.07 bits per heavy atom. The van der Waals surface area contributed by atoms with Crippen LogP contribution in [-0.2, 0) is 4.79 Å². The van der Waals surface area contributed by atoms with E-state index in [1.165, 1.54) is 0 Å². The number of thioether (sulfide) groups is 1. The number of hydrogen-bond acceptors (Lipinski definition) is 3. The van der Waals surface area contributed by atoms with Gasteiger partial charge >= 0.3 is 0 Å². The number of nitrogens with two attached hydrogens (primary N) is 1. The number of nitrogens with zero attached hydrogens (tertiary/aromatic N) is 1. The van der Waals surface area contributed by atoms with Crippen LogP contribution in [0.3, 0.4) is 0 Å². The van der Waals surface area contributed by atoms with Gasteiger partial charge in [-0.1, -0.05) is 20.3 Å². The van der Waals surface area contributed by atoms with Crippen molar-refractivity contribution < 1.29 is 4.79 Å². The molecule has 0 fully saturated rings. The summed E-state index contributed by atoms with van der Waals surface area (Å²) < 4.78 is 0. The van der Waals surface area contributed by atoms with Gasteiger partial charge in [0.25, 0.3) is 0 Å². The lowest BCUT2D eigenvalue weighted by Crippen LogP contribution is -2.47. The second kappa shape index (κ2) is 7.99. The molecule has 4 heteroatoms. The molecule has 0 spiro atoms. The Morgan fingerprint density at radius 1 is 1.47 bits per heavy atom. The third-order valence-corrected chi connectivity index (χ3v) is 3.36. The van der Waals surface area contributed by atoms with Crippen molar-refractivity contribution in [1.82, 2.24) is 4.90 Å². The number of rotatable bonds is 7. The Balaban J connectivity index is 4.26. The van der Waals surface area contributed by atoms with Gasteiger partial charge in [0, 0.05) is 18.8 Å². The minimum Gasteiger partial charge on any atom is -0.341 e. The Morgan fingerprint density at radius 3 is 2.47 bits per heavy atom. The highest BCUT2D eigenvalue weighted by Gasteiger charge is 2.22. The molecule has 1 amide bonds. The highest BCUT2D eigenvalue weighted by Crippen LogP contribution is 2.10. The van der Waals surface area contributed by atoms with Crippen molar-refractivity contribution in [1.29, 1.82) is 0 Å². The van der Waals surface area contributed by atoms with E-state index in [1.807, 2.05) is 18.9 Å². The van der Waals surface area contributed by atoms with Crippen LogP contribution in [0.5, 0.6) is 0 Å². The summed E-state index contributed by atoms with van der Waals surface area (Å²) in [7, 11) is 1.86. The molecular weight excluding hydrogens is 208 g/mol. The summed E-state index contributed by atoms with van der Waals surface area (Å²) in [5, 5.41) is 0. The summed E-state index contributed by atoms with van der Waals surface area (Å²) in [6, 6.07) is -0.00804. The van der Waals surface area contributed by atoms with E-state index in [4.69, 9.17) is 5.73 Å². The third-order valence-electron chi connectivity index (χ3n) is 2.64. The first-order valence-electron chi connectivity index (χ1n) is 5.59. The predicted octanol–water partition coefficient (Wildman–Crippen LogP) is 1.71. The Labute approximate surface area is 97.8 Å². The van der Waals surface area contributed by atoms with E-state index in [-0.39, 0.29) is 11.9 Å². The average molecular weight is 232 g/mol. The van der Waals surface area contributed by atoms with Crippen molar-refractivity contribution in [3.8, 4) is 0 Å². The second-order valence-electron chi connectivity index (χ2n) is 3.86. The summed E-state index contributed by atoms with van der Waals surface area (Å²) in [6.45, 7) is 4.16. The van der Waals surface area contributed by atoms with E-state index < -0.39 is 0 Å². The normalized spacial score (nSPS) is 14.7. The van der Waals surface area contributed by atoms with Crippen molar-refractivity contribution in [3.63, 3.8) is 0 Å². The molecule has 0 aromatic heterocycles. The summed E-state index contributed by atoms with van der Waals surface area (Å²) in [4.78, 5) is 13.7. The zero-order valence-electron chi connectivity index (χ0n) is 10.3. The van der Waals surface area contributed by atoms with Crippen LogP contribution in [0.4, 0.5) is 0 Å². The predicted molar refractivity (Wildman–Crippen MR) is 68.1 cm³/mol. The Hall–Kier alpha value is -0.220. The quantitative estimate of drug-likeness (QED) is 0.727. The van der Waals surface area contributed by atoms with Gasteiger partial charge in [-0.15, -0.1) is 0 Å². The molecule has 0 aliphatic carbocycles. The van der Waals surface area contributed by atoms with Crippen LogP contribution in [0.1, 0.15) is 33.1 Å². The maximum Gasteiger partial charge on any atom is 0.239 e. The summed E-state index contributed by atoms with van der Waals surface area (Å²) in [5.41, 5.74) is 5.82. The number of amides is 1. The summed E-state index contributed by atoms with van der Waals surface area (Å²) in [6.07, 6.45) is 4.79. The first-order valence-corrected chi connectivity index (χ1v) is 6.98. The molecule has 0 bridgehead atoms. The fraction of sp³-hybridized carbons (Fsp3) is 0.909. The number of carbonyl (C=O) groups excluding carboxylic acids is 1. The van der Waals surface area contributed by atoms with Gasteiger partial charge in [0.05, 0.1) is 6.04 Å². The molecule has 0 aliphatic heterocycles. The topological polar surface area (TPSA) is 46.3 Å². The first kappa shape index (κ1) is 14.8. The lowest BCUT2D eigenvalue weighted by atomic mass is 10.1. The van der Waals surface area contributed by atoms with Crippen LogP contribution in [0.25, 0.3) is 0 Å². The largest absolute Gasteiger partial charge is 0.341 e. The first-order chi connectivity index (χ1) is 7.08. The SMILES string of the molecule is CCCC(N)C(=O)N(C)C(CC)CSC. The van der Waals surface area contributed by atoms with Gasteiger partial charge in [-0.25, -0.2) is 0 Å². The van der Waals surface area contributed by atoms with Crippen LogP contribution in [0, 0.1) is 0 Å². The number of hydrogen-bond donors (Lipinski definition) is 1. The highest BCUT2D eigenvalue weighted by molar-refractivity contribution is 7.98. The number of likely N-dealkylation sites (N-methyl/N-ethyl adjacent to an activating group) is 1. The Bertz CT molecular complexity index is 187. The van der Waals surface area contributed by atoms with Gasteiger partial charge in [-0.3, -0.25) is 4.79 Å². The van der Waals surface area contributed by atoms with E-state index in [9.17, 15) is 4.79 Å². The molecule has 0 aromatic rings. The molecular formula is C11H24N2OS. The fourth-order valence-corrected chi connectivity index (χ4v) is 2.42. The molecule has 0 rings (SSSR count). The molecule has 2 unspecified atom stereocenters. The second-order valence-corrected chi connectivity index (χ2v) is 4.77. The number of carbonyl (C=O) groups is 1. The Kier molecular flexibility index (Phi) is 7.88. The summed E-state index contributed by atoms with van der Waals surface area (Å²) >= 11 is 1.77. The van der Waals surface area contributed by atoms with Gasteiger partial charge in [0.15, 0.2) is 0 Å². The lowest BCUT2D eigenvalue weighted by Gasteiger charge is -2.29. The molecule has 3 nitrogen and oxygen atoms in total. The standard InChI is InChI=1S/C11H24N2OS/c1-5-7-10(12)11(14)13(3)9(6-2)8-15-4/h9-10H,5-8,12H2,1-4H3. The van der Waals surface area contributed by atoms with Crippen molar-refractivity contribution in [2.75, 3.05) is 19.1 Å². The van der Waals surface area contributed by atoms with Crippen molar-refractivity contribution in [2.45, 2.75) is 45.2 Å². The van der Waals surface area contributed by atoms with Crippen LogP contribution >= 0.6 is 11.8 Å². The zero-order valence-corrected chi connectivity index (χ0v) is 11.1. The van der Waals surface area contributed by atoms with E-state index in [2.05, 4.69) is 13.2 Å². The molecule has 0 saturated heterocycles. The molecule has 0 radical (unpaired) electrons. The van der Waals surface area contributed by atoms with Gasteiger partial charge < -0.3 is 10.6 Å². The molecule has 15 heavy (non-hydrogen) atoms. The maximum absolute atomic E-state index is 11.9. The lowest BCUT2D eigenvalue weighted by molar-refractivity contribution is -0.133. The van der Waals surface area contributed by atoms with Gasteiger partial charge in [-0.05, 0) is 19.1 Å². The molecule has 2 atom stereocenters. The van der Waals surface area contributed by atoms with Crippen LogP contribution in [0.15, 0.2) is 0 Å². The molecule has 0 saturated carbocycles. The van der Waals surface area contributed by atoms with E-state index >= 15 is 0 Å². The van der Waals surface area contributed by atoms with Crippen LogP contribution in [0.2, 0.25) is 0 Å². The van der Waals surface area contributed by atoms with Crippen LogP contribution < -0.4 is 5.73 Å². The van der Waals surface area contributed by atoms with E-state index in [0.29, 0.717) is 6.04 Å². The zero-order chi connectivity index (χ0) is 11.8. The van der Waals surface area contributed by atoms with E-state index in [1.54, 1.807) is 11.8 Å². The molecule has 2 N–H and O–H groups in total. The van der Waals surface area contributed by atoms with Crippen molar-refractivity contribution in [3.05, 3.63) is 0 Å². The smallest absolute Gasteiger partial charge is 0.239 e. The van der Waals surface area contributed by atoms with Crippen molar-refractivity contribution >= 4 is 17.7 Å². The average Bonchev–Trinajstić information content (AvgIpc) is 2.24. The van der Waals surface area contributed by atoms with Gasteiger partial charge in [0.1, 0.15) is 0 Å². The molecule has 0 aromatic carbocycles. The molecule has 90 valence electrons. The van der Waals surface area contributed by atoms with E-state index in [0.717, 1.165) is 25.0 Å². The molecule has 0 aliphatic rings. The summed E-state index contributed by atoms with van der Waals surface area (Å²) in [5.74, 6) is 1.06. The minimum absolute atomic E-state index is 0.0813. The minimum atomic E-state index is -0.323.